The maximum absolute atomic E-state index is 12.5. The van der Waals surface area contributed by atoms with Crippen molar-refractivity contribution in [2.45, 2.75) is 0 Å². The van der Waals surface area contributed by atoms with Gasteiger partial charge in [-0.15, -0.1) is 0 Å². The van der Waals surface area contributed by atoms with Crippen molar-refractivity contribution in [2.24, 2.45) is 0 Å². The summed E-state index contributed by atoms with van der Waals surface area (Å²) in [6.45, 7) is 0.660. The van der Waals surface area contributed by atoms with Gasteiger partial charge >= 0.3 is 0 Å². The minimum absolute atomic E-state index is 0.174. The number of nitrogens with zero attached hydrogens (tertiary/aromatic N) is 2. The highest BCUT2D eigenvalue weighted by atomic mass is 16.2. The molecule has 4 rings (SSSR count). The number of hydrogen-bond donors (Lipinski definition) is 4. The normalized spacial score (nSPS) is 10.7. The molecule has 0 spiro atoms. The Bertz CT molecular complexity index is 1280. The van der Waals surface area contributed by atoms with Gasteiger partial charge in [0.05, 0.1) is 10.9 Å². The van der Waals surface area contributed by atoms with Crippen LogP contribution in [0, 0.1) is 0 Å². The molecular weight excluding hydrogens is 416 g/mol. The van der Waals surface area contributed by atoms with Crippen molar-refractivity contribution in [3.05, 3.63) is 77.9 Å². The van der Waals surface area contributed by atoms with Gasteiger partial charge in [0.15, 0.2) is 5.82 Å². The van der Waals surface area contributed by atoms with E-state index in [4.69, 9.17) is 5.73 Å². The van der Waals surface area contributed by atoms with Gasteiger partial charge in [-0.2, -0.15) is 5.10 Å². The zero-order chi connectivity index (χ0) is 23.4. The maximum Gasteiger partial charge on any atom is 0.251 e. The van der Waals surface area contributed by atoms with E-state index in [-0.39, 0.29) is 11.8 Å². The summed E-state index contributed by atoms with van der Waals surface area (Å²) in [6.07, 6.45) is 0. The topological polar surface area (TPSA) is 116 Å². The van der Waals surface area contributed by atoms with Crippen LogP contribution in [0.2, 0.25) is 0 Å². The Labute approximate surface area is 191 Å². The molecule has 5 N–H and O–H groups in total. The Morgan fingerprint density at radius 1 is 0.879 bits per heavy atom. The van der Waals surface area contributed by atoms with E-state index in [0.717, 1.165) is 27.7 Å². The molecule has 8 nitrogen and oxygen atoms in total. The van der Waals surface area contributed by atoms with Crippen molar-refractivity contribution in [1.29, 1.82) is 0 Å². The lowest BCUT2D eigenvalue weighted by Gasteiger charge is -2.12. The van der Waals surface area contributed by atoms with E-state index in [0.29, 0.717) is 30.0 Å². The van der Waals surface area contributed by atoms with Crippen molar-refractivity contribution in [3.63, 3.8) is 0 Å². The average Bonchev–Trinajstić information content (AvgIpc) is 3.22. The Hall–Kier alpha value is -4.33. The van der Waals surface area contributed by atoms with Gasteiger partial charge in [-0.05, 0) is 53.6 Å². The third-order valence-corrected chi connectivity index (χ3v) is 5.42. The molecule has 33 heavy (non-hydrogen) atoms. The third-order valence-electron chi connectivity index (χ3n) is 5.42. The molecule has 0 saturated heterocycles. The number of rotatable bonds is 7. The van der Waals surface area contributed by atoms with Gasteiger partial charge in [0, 0.05) is 44.0 Å². The first-order valence-corrected chi connectivity index (χ1v) is 10.6. The molecule has 0 unspecified atom stereocenters. The van der Waals surface area contributed by atoms with Crippen molar-refractivity contribution in [3.8, 4) is 11.1 Å². The minimum Gasteiger partial charge on any atom is -0.382 e. The second kappa shape index (κ2) is 9.44. The lowest BCUT2D eigenvalue weighted by atomic mass is 10.00. The monoisotopic (exact) mass is 442 g/mol. The van der Waals surface area contributed by atoms with Gasteiger partial charge in [-0.1, -0.05) is 24.3 Å². The van der Waals surface area contributed by atoms with Crippen LogP contribution in [0.25, 0.3) is 22.0 Å². The SMILES string of the molecule is CN(C)c1ccc(C(=O)NCCNC(=O)c2ccc(-c3cccc4[nH]nc(N)c34)cc2)cc1. The molecular formula is C25H26N6O2. The van der Waals surface area contributed by atoms with Gasteiger partial charge in [0.1, 0.15) is 0 Å². The molecule has 168 valence electrons. The van der Waals surface area contributed by atoms with Crippen LogP contribution in [0.1, 0.15) is 20.7 Å². The largest absolute Gasteiger partial charge is 0.382 e. The Morgan fingerprint density at radius 2 is 1.45 bits per heavy atom. The number of nitrogens with one attached hydrogen (secondary N) is 3. The van der Waals surface area contributed by atoms with Crippen molar-refractivity contribution in [2.75, 3.05) is 37.8 Å². The van der Waals surface area contributed by atoms with Crippen LogP contribution >= 0.6 is 0 Å². The summed E-state index contributed by atoms with van der Waals surface area (Å²) in [5.41, 5.74) is 10.9. The number of benzene rings is 3. The van der Waals surface area contributed by atoms with Gasteiger partial charge in [0.25, 0.3) is 11.8 Å². The number of nitrogen functional groups attached to an aromatic ring is 1. The number of fused-ring (bicyclic) bond motifs is 1. The van der Waals surface area contributed by atoms with Crippen LogP contribution in [0.5, 0.6) is 0 Å². The van der Waals surface area contributed by atoms with E-state index in [1.165, 1.54) is 0 Å². The lowest BCUT2D eigenvalue weighted by molar-refractivity contribution is 0.0927. The van der Waals surface area contributed by atoms with Crippen LogP contribution in [0.15, 0.2) is 66.7 Å². The fourth-order valence-electron chi connectivity index (χ4n) is 3.61. The minimum atomic E-state index is -0.202. The molecule has 3 aromatic carbocycles. The fraction of sp³-hybridized carbons (Fsp3) is 0.160. The number of aromatic nitrogens is 2. The summed E-state index contributed by atoms with van der Waals surface area (Å²) in [6, 6.07) is 20.5. The summed E-state index contributed by atoms with van der Waals surface area (Å²) in [7, 11) is 3.89. The van der Waals surface area contributed by atoms with E-state index in [9.17, 15) is 9.59 Å². The zero-order valence-electron chi connectivity index (χ0n) is 18.6. The van der Waals surface area contributed by atoms with E-state index >= 15 is 0 Å². The highest BCUT2D eigenvalue weighted by molar-refractivity contribution is 6.02. The molecule has 0 fully saturated rings. The first-order valence-electron chi connectivity index (χ1n) is 10.6. The van der Waals surface area contributed by atoms with E-state index in [2.05, 4.69) is 20.8 Å². The number of amides is 2. The number of nitrogens with two attached hydrogens (primary N) is 1. The first kappa shape index (κ1) is 21.9. The second-order valence-corrected chi connectivity index (χ2v) is 7.87. The average molecular weight is 443 g/mol. The number of H-pyrrole nitrogens is 1. The first-order chi connectivity index (χ1) is 15.9. The van der Waals surface area contributed by atoms with Crippen LogP contribution in [-0.4, -0.2) is 49.2 Å². The van der Waals surface area contributed by atoms with Crippen LogP contribution in [-0.2, 0) is 0 Å². The van der Waals surface area contributed by atoms with Crippen LogP contribution in [0.3, 0.4) is 0 Å². The standard InChI is InChI=1S/C25H26N6O2/c1-31(2)19-12-10-18(11-13-19)25(33)28-15-14-27-24(32)17-8-6-16(7-9-17)20-4-3-5-21-22(20)23(26)30-29-21/h3-13H,14-15H2,1-2H3,(H,27,32)(H,28,33)(H3,26,29,30). The summed E-state index contributed by atoms with van der Waals surface area (Å²) >= 11 is 0. The molecule has 0 aliphatic rings. The Morgan fingerprint density at radius 3 is 2.03 bits per heavy atom. The van der Waals surface area contributed by atoms with Crippen molar-refractivity contribution >= 4 is 34.2 Å². The van der Waals surface area contributed by atoms with E-state index in [1.807, 2.05) is 61.5 Å². The summed E-state index contributed by atoms with van der Waals surface area (Å²) in [5.74, 6) is 0.0666. The molecule has 0 radical (unpaired) electrons. The number of carbonyl (C=O) groups is 2. The molecule has 0 saturated carbocycles. The molecule has 1 aromatic heterocycles. The van der Waals surface area contributed by atoms with Crippen molar-refractivity contribution in [1.82, 2.24) is 20.8 Å². The van der Waals surface area contributed by atoms with Gasteiger partial charge in [-0.25, -0.2) is 0 Å². The van der Waals surface area contributed by atoms with Gasteiger partial charge < -0.3 is 21.3 Å². The molecule has 1 heterocycles. The second-order valence-electron chi connectivity index (χ2n) is 7.87. The zero-order valence-corrected chi connectivity index (χ0v) is 18.6. The molecule has 8 heteroatoms. The summed E-state index contributed by atoms with van der Waals surface area (Å²) in [4.78, 5) is 26.7. The van der Waals surface area contributed by atoms with Gasteiger partial charge in [-0.3, -0.25) is 14.7 Å². The number of aromatic amines is 1. The maximum atomic E-state index is 12.5. The number of hydrogen-bond acceptors (Lipinski definition) is 5. The third kappa shape index (κ3) is 4.79. The molecule has 0 bridgehead atoms. The van der Waals surface area contributed by atoms with E-state index < -0.39 is 0 Å². The molecule has 0 atom stereocenters. The van der Waals surface area contributed by atoms with Gasteiger partial charge in [0.2, 0.25) is 0 Å². The Kier molecular flexibility index (Phi) is 6.26. The molecule has 0 aliphatic carbocycles. The van der Waals surface area contributed by atoms with Crippen LogP contribution < -0.4 is 21.3 Å². The summed E-state index contributed by atoms with van der Waals surface area (Å²) < 4.78 is 0. The Balaban J connectivity index is 1.31. The molecule has 0 aliphatic heterocycles. The predicted octanol–water partition coefficient (Wildman–Crippen LogP) is 3.04. The quantitative estimate of drug-likeness (QED) is 0.328. The van der Waals surface area contributed by atoms with Crippen LogP contribution in [0.4, 0.5) is 11.5 Å². The smallest absolute Gasteiger partial charge is 0.251 e. The number of anilines is 2. The lowest BCUT2D eigenvalue weighted by Crippen LogP contribution is -2.34. The predicted molar refractivity (Wildman–Crippen MR) is 131 cm³/mol. The molecule has 2 amide bonds. The van der Waals surface area contributed by atoms with E-state index in [1.54, 1.807) is 24.3 Å². The summed E-state index contributed by atoms with van der Waals surface area (Å²) in [5, 5.41) is 13.5. The fourth-order valence-corrected chi connectivity index (χ4v) is 3.61. The van der Waals surface area contributed by atoms with Crippen molar-refractivity contribution < 1.29 is 9.59 Å². The number of carbonyl (C=O) groups excluding carboxylic acids is 2. The highest BCUT2D eigenvalue weighted by Gasteiger charge is 2.11. The highest BCUT2D eigenvalue weighted by Crippen LogP contribution is 2.31. The molecule has 4 aromatic rings.